The summed E-state index contributed by atoms with van der Waals surface area (Å²) in [6.07, 6.45) is 0. The van der Waals surface area contributed by atoms with Gasteiger partial charge in [-0.3, -0.25) is 4.79 Å². The average Bonchev–Trinajstić information content (AvgIpc) is 2.38. The van der Waals surface area contributed by atoms with E-state index >= 15 is 0 Å². The van der Waals surface area contributed by atoms with Gasteiger partial charge in [0.25, 0.3) is 0 Å². The van der Waals surface area contributed by atoms with Crippen LogP contribution in [-0.4, -0.2) is 53.5 Å². The summed E-state index contributed by atoms with van der Waals surface area (Å²) in [6.45, 7) is 10.0. The van der Waals surface area contributed by atoms with E-state index in [9.17, 15) is 4.79 Å². The van der Waals surface area contributed by atoms with Crippen molar-refractivity contribution in [2.24, 2.45) is 0 Å². The number of nitrogens with zero attached hydrogens (tertiary/aromatic N) is 4. The summed E-state index contributed by atoms with van der Waals surface area (Å²) in [5, 5.41) is 0. The van der Waals surface area contributed by atoms with Gasteiger partial charge in [0.15, 0.2) is 5.78 Å². The SMILES string of the molecule is CCn1c(C)c(C(C)=O)c(N2CCN(C)CC2)nc1=S. The van der Waals surface area contributed by atoms with Gasteiger partial charge in [0.1, 0.15) is 5.82 Å². The standard InChI is InChI=1S/C14H22N4OS/c1-5-18-10(2)12(11(3)19)13(15-14(18)20)17-8-6-16(4)7-9-17/h5-9H2,1-4H3. The number of hydrogen-bond acceptors (Lipinski definition) is 5. The lowest BCUT2D eigenvalue weighted by atomic mass is 10.1. The monoisotopic (exact) mass is 294 g/mol. The topological polar surface area (TPSA) is 41.4 Å². The number of carbonyl (C=O) groups excluding carboxylic acids is 1. The normalized spacial score (nSPS) is 16.5. The third-order valence-electron chi connectivity index (χ3n) is 3.89. The second-order valence-electron chi connectivity index (χ2n) is 5.27. The van der Waals surface area contributed by atoms with Crippen LogP contribution in [0.5, 0.6) is 0 Å². The molecule has 1 saturated heterocycles. The largest absolute Gasteiger partial charge is 0.353 e. The maximum atomic E-state index is 12.0. The first-order chi connectivity index (χ1) is 9.45. The molecular formula is C14H22N4OS. The third kappa shape index (κ3) is 2.76. The van der Waals surface area contributed by atoms with Crippen molar-refractivity contribution >= 4 is 23.8 Å². The van der Waals surface area contributed by atoms with Crippen molar-refractivity contribution in [2.45, 2.75) is 27.3 Å². The molecule has 2 rings (SSSR count). The molecule has 1 aromatic heterocycles. The Morgan fingerprint density at radius 2 is 1.90 bits per heavy atom. The van der Waals surface area contributed by atoms with Crippen molar-refractivity contribution in [3.05, 3.63) is 16.0 Å². The van der Waals surface area contributed by atoms with Crippen LogP contribution in [0.15, 0.2) is 0 Å². The Balaban J connectivity index is 2.52. The average molecular weight is 294 g/mol. The molecule has 0 amide bonds. The van der Waals surface area contributed by atoms with Gasteiger partial charge in [0.2, 0.25) is 4.77 Å². The highest BCUT2D eigenvalue weighted by Crippen LogP contribution is 2.23. The minimum atomic E-state index is 0.0566. The van der Waals surface area contributed by atoms with E-state index in [0.29, 0.717) is 10.3 Å². The third-order valence-corrected chi connectivity index (χ3v) is 4.21. The molecule has 0 radical (unpaired) electrons. The second-order valence-corrected chi connectivity index (χ2v) is 5.63. The fraction of sp³-hybridized carbons (Fsp3) is 0.643. The predicted molar refractivity (Wildman–Crippen MR) is 83.2 cm³/mol. The van der Waals surface area contributed by atoms with Crippen LogP contribution in [-0.2, 0) is 6.54 Å². The second kappa shape index (κ2) is 6.01. The van der Waals surface area contributed by atoms with Gasteiger partial charge in [-0.15, -0.1) is 0 Å². The van der Waals surface area contributed by atoms with E-state index in [1.807, 2.05) is 18.4 Å². The molecule has 0 bridgehead atoms. The van der Waals surface area contributed by atoms with Gasteiger partial charge >= 0.3 is 0 Å². The van der Waals surface area contributed by atoms with E-state index < -0.39 is 0 Å². The Morgan fingerprint density at radius 3 is 2.40 bits per heavy atom. The van der Waals surface area contributed by atoms with Crippen molar-refractivity contribution in [3.8, 4) is 0 Å². The molecule has 0 N–H and O–H groups in total. The molecule has 0 aliphatic carbocycles. The van der Waals surface area contributed by atoms with E-state index in [4.69, 9.17) is 12.2 Å². The fourth-order valence-corrected chi connectivity index (χ4v) is 3.03. The van der Waals surface area contributed by atoms with Crippen LogP contribution in [0.3, 0.4) is 0 Å². The van der Waals surface area contributed by atoms with Crippen LogP contribution >= 0.6 is 12.2 Å². The van der Waals surface area contributed by atoms with E-state index in [1.54, 1.807) is 6.92 Å². The number of ketones is 1. The summed E-state index contributed by atoms with van der Waals surface area (Å²) in [4.78, 5) is 21.0. The van der Waals surface area contributed by atoms with Crippen molar-refractivity contribution in [1.29, 1.82) is 0 Å². The first-order valence-electron chi connectivity index (χ1n) is 7.01. The van der Waals surface area contributed by atoms with E-state index in [-0.39, 0.29) is 5.78 Å². The zero-order valence-electron chi connectivity index (χ0n) is 12.6. The van der Waals surface area contributed by atoms with Crippen LogP contribution in [0.1, 0.15) is 29.9 Å². The molecule has 1 aromatic rings. The van der Waals surface area contributed by atoms with Gasteiger partial charge in [-0.25, -0.2) is 4.98 Å². The predicted octanol–water partition coefficient (Wildman–Crippen LogP) is 1.90. The van der Waals surface area contributed by atoms with Gasteiger partial charge in [0.05, 0.1) is 5.56 Å². The summed E-state index contributed by atoms with van der Waals surface area (Å²) in [5.41, 5.74) is 1.64. The molecule has 0 unspecified atom stereocenters. The summed E-state index contributed by atoms with van der Waals surface area (Å²) in [5.74, 6) is 0.818. The van der Waals surface area contributed by atoms with Gasteiger partial charge < -0.3 is 14.4 Å². The zero-order chi connectivity index (χ0) is 14.9. The highest BCUT2D eigenvalue weighted by Gasteiger charge is 2.23. The Kier molecular flexibility index (Phi) is 4.55. The summed E-state index contributed by atoms with van der Waals surface area (Å²) >= 11 is 5.37. The Morgan fingerprint density at radius 1 is 1.30 bits per heavy atom. The Hall–Kier alpha value is -1.27. The number of likely N-dealkylation sites (N-methyl/N-ethyl adjacent to an activating group) is 1. The maximum absolute atomic E-state index is 12.0. The molecule has 1 fully saturated rings. The van der Waals surface area contributed by atoms with Gasteiger partial charge in [-0.2, -0.15) is 0 Å². The number of aromatic nitrogens is 2. The molecule has 0 spiro atoms. The number of hydrogen-bond donors (Lipinski definition) is 0. The van der Waals surface area contributed by atoms with Gasteiger partial charge in [0, 0.05) is 38.4 Å². The lowest BCUT2D eigenvalue weighted by Gasteiger charge is -2.34. The van der Waals surface area contributed by atoms with E-state index in [2.05, 4.69) is 21.8 Å². The maximum Gasteiger partial charge on any atom is 0.201 e. The molecule has 110 valence electrons. The number of piperazine rings is 1. The number of anilines is 1. The molecule has 2 heterocycles. The van der Waals surface area contributed by atoms with Crippen molar-refractivity contribution in [3.63, 3.8) is 0 Å². The van der Waals surface area contributed by atoms with Crippen LogP contribution in [0.4, 0.5) is 5.82 Å². The molecule has 1 aliphatic heterocycles. The molecule has 6 heteroatoms. The number of carbonyl (C=O) groups is 1. The number of Topliss-reactive ketones (excluding diaryl/α,β-unsaturated/α-hetero) is 1. The Bertz CT molecular complexity index is 573. The first-order valence-corrected chi connectivity index (χ1v) is 7.42. The number of rotatable bonds is 3. The van der Waals surface area contributed by atoms with Crippen molar-refractivity contribution < 1.29 is 4.79 Å². The minimum absolute atomic E-state index is 0.0566. The molecule has 0 aromatic carbocycles. The molecule has 0 atom stereocenters. The van der Waals surface area contributed by atoms with E-state index in [0.717, 1.165) is 44.2 Å². The highest BCUT2D eigenvalue weighted by atomic mass is 32.1. The quantitative estimate of drug-likeness (QED) is 0.629. The van der Waals surface area contributed by atoms with Crippen LogP contribution in [0.25, 0.3) is 0 Å². The lowest BCUT2D eigenvalue weighted by molar-refractivity contribution is 0.101. The van der Waals surface area contributed by atoms with Crippen LogP contribution in [0, 0.1) is 11.7 Å². The van der Waals surface area contributed by atoms with Crippen molar-refractivity contribution in [1.82, 2.24) is 14.5 Å². The van der Waals surface area contributed by atoms with Crippen LogP contribution < -0.4 is 4.90 Å². The molecule has 0 saturated carbocycles. The Labute approximate surface area is 125 Å². The minimum Gasteiger partial charge on any atom is -0.353 e. The smallest absolute Gasteiger partial charge is 0.201 e. The summed E-state index contributed by atoms with van der Waals surface area (Å²) < 4.78 is 2.48. The van der Waals surface area contributed by atoms with Crippen molar-refractivity contribution in [2.75, 3.05) is 38.1 Å². The van der Waals surface area contributed by atoms with Gasteiger partial charge in [-0.1, -0.05) is 0 Å². The van der Waals surface area contributed by atoms with Crippen LogP contribution in [0.2, 0.25) is 0 Å². The summed E-state index contributed by atoms with van der Waals surface area (Å²) in [7, 11) is 2.11. The first kappa shape index (κ1) is 15.1. The molecule has 1 aliphatic rings. The zero-order valence-corrected chi connectivity index (χ0v) is 13.5. The summed E-state index contributed by atoms with van der Waals surface area (Å²) in [6, 6.07) is 0. The van der Waals surface area contributed by atoms with Gasteiger partial charge in [-0.05, 0) is 40.0 Å². The fourth-order valence-electron chi connectivity index (χ4n) is 2.68. The molecular weight excluding hydrogens is 272 g/mol. The lowest BCUT2D eigenvalue weighted by Crippen LogP contribution is -2.45. The van der Waals surface area contributed by atoms with E-state index in [1.165, 1.54) is 0 Å². The molecule has 5 nitrogen and oxygen atoms in total. The highest BCUT2D eigenvalue weighted by molar-refractivity contribution is 7.71. The molecule has 20 heavy (non-hydrogen) atoms.